The Morgan fingerprint density at radius 2 is 1.47 bits per heavy atom. The van der Waals surface area contributed by atoms with E-state index in [4.69, 9.17) is 29.5 Å². The van der Waals surface area contributed by atoms with Gasteiger partial charge in [0, 0.05) is 37.1 Å². The molecule has 0 radical (unpaired) electrons. The highest BCUT2D eigenvalue weighted by atomic mass is 32.1. The molecule has 232 valence electrons. The average Bonchev–Trinajstić information content (AvgIpc) is 3.30. The Morgan fingerprint density at radius 1 is 0.884 bits per heavy atom. The molecule has 1 amide bonds. The van der Waals surface area contributed by atoms with E-state index < -0.39 is 24.3 Å². The number of benzene rings is 1. The second-order valence-electron chi connectivity index (χ2n) is 8.88. The average molecular weight is 635 g/mol. The Hall–Kier alpha value is -4.25. The molecule has 0 spiro atoms. The number of hydrogen-bond donors (Lipinski definition) is 2. The molecule has 43 heavy (non-hydrogen) atoms. The van der Waals surface area contributed by atoms with Crippen molar-refractivity contribution in [3.63, 3.8) is 0 Å². The normalized spacial score (nSPS) is 14.6. The SMILES string of the molecule is O=C(Cc1ccccn1)N1Cc2ccccc2-c2nc(N3CCOCC3)sc2C1.O=C(O)C(F)(F)F.O=C(O)C(F)(F)F. The Bertz CT molecular complexity index is 1390. The predicted molar refractivity (Wildman–Crippen MR) is 140 cm³/mol. The number of thiazole rings is 1. The van der Waals surface area contributed by atoms with Crippen molar-refractivity contribution in [2.45, 2.75) is 31.9 Å². The molecule has 1 saturated heterocycles. The second kappa shape index (κ2) is 14.3. The highest BCUT2D eigenvalue weighted by molar-refractivity contribution is 7.16. The van der Waals surface area contributed by atoms with E-state index in [1.807, 2.05) is 35.2 Å². The zero-order chi connectivity index (χ0) is 31.8. The zero-order valence-corrected chi connectivity index (χ0v) is 22.9. The smallest absolute Gasteiger partial charge is 0.475 e. The minimum Gasteiger partial charge on any atom is -0.475 e. The molecule has 1 aromatic carbocycles. The summed E-state index contributed by atoms with van der Waals surface area (Å²) >= 11 is 1.70. The van der Waals surface area contributed by atoms with Gasteiger partial charge in [0.15, 0.2) is 5.13 Å². The Morgan fingerprint density at radius 3 is 2.02 bits per heavy atom. The first-order valence-electron chi connectivity index (χ1n) is 12.4. The number of carbonyl (C=O) groups is 3. The number of pyridine rings is 1. The third kappa shape index (κ3) is 9.64. The van der Waals surface area contributed by atoms with E-state index in [-0.39, 0.29) is 5.91 Å². The molecule has 0 atom stereocenters. The van der Waals surface area contributed by atoms with Crippen molar-refractivity contribution in [1.82, 2.24) is 14.9 Å². The minimum atomic E-state index is -5.08. The van der Waals surface area contributed by atoms with Crippen LogP contribution in [-0.4, -0.2) is 81.6 Å². The maximum absolute atomic E-state index is 13.1. The molecular weight excluding hydrogens is 610 g/mol. The van der Waals surface area contributed by atoms with E-state index in [0.717, 1.165) is 58.8 Å². The molecule has 0 bridgehead atoms. The summed E-state index contributed by atoms with van der Waals surface area (Å²) in [5.74, 6) is -5.42. The summed E-state index contributed by atoms with van der Waals surface area (Å²) in [5, 5.41) is 15.3. The van der Waals surface area contributed by atoms with Gasteiger partial charge in [-0.25, -0.2) is 14.6 Å². The molecule has 17 heteroatoms. The van der Waals surface area contributed by atoms with Crippen LogP contribution in [0.3, 0.4) is 0 Å². The van der Waals surface area contributed by atoms with Crippen LogP contribution in [0.25, 0.3) is 11.3 Å². The number of anilines is 1. The number of aromatic nitrogens is 2. The van der Waals surface area contributed by atoms with E-state index in [2.05, 4.69) is 22.0 Å². The van der Waals surface area contributed by atoms with Crippen LogP contribution in [0.1, 0.15) is 16.1 Å². The number of halogens is 6. The third-order valence-corrected chi connectivity index (χ3v) is 6.93. The molecule has 2 N–H and O–H groups in total. The number of aliphatic carboxylic acids is 2. The summed E-state index contributed by atoms with van der Waals surface area (Å²) in [6, 6.07) is 14.0. The summed E-state index contributed by atoms with van der Waals surface area (Å²) in [4.78, 5) is 45.5. The van der Waals surface area contributed by atoms with Crippen LogP contribution >= 0.6 is 11.3 Å². The van der Waals surface area contributed by atoms with Crippen molar-refractivity contribution in [3.05, 3.63) is 64.8 Å². The Labute approximate surface area is 244 Å². The number of fused-ring (bicyclic) bond motifs is 3. The number of carbonyl (C=O) groups excluding carboxylic acids is 1. The van der Waals surface area contributed by atoms with E-state index in [1.54, 1.807) is 17.5 Å². The van der Waals surface area contributed by atoms with Crippen LogP contribution in [-0.2, 0) is 38.6 Å². The van der Waals surface area contributed by atoms with Gasteiger partial charge in [-0.05, 0) is 17.7 Å². The largest absolute Gasteiger partial charge is 0.490 e. The molecule has 2 aromatic heterocycles. The molecular formula is C26H24F6N4O6S. The van der Waals surface area contributed by atoms with Gasteiger partial charge < -0.3 is 24.7 Å². The van der Waals surface area contributed by atoms with Crippen molar-refractivity contribution in [2.75, 3.05) is 31.2 Å². The topological polar surface area (TPSA) is 133 Å². The van der Waals surface area contributed by atoms with Gasteiger partial charge in [-0.1, -0.05) is 41.7 Å². The minimum absolute atomic E-state index is 0.0904. The predicted octanol–water partition coefficient (Wildman–Crippen LogP) is 4.39. The number of alkyl halides is 6. The first-order chi connectivity index (χ1) is 20.2. The number of hydrogen-bond acceptors (Lipinski definition) is 8. The fourth-order valence-corrected chi connectivity index (χ4v) is 4.96. The lowest BCUT2D eigenvalue weighted by molar-refractivity contribution is -0.193. The van der Waals surface area contributed by atoms with Crippen LogP contribution in [0.5, 0.6) is 0 Å². The molecule has 1 fully saturated rings. The summed E-state index contributed by atoms with van der Waals surface area (Å²) in [5.41, 5.74) is 4.08. The van der Waals surface area contributed by atoms with Gasteiger partial charge in [-0.2, -0.15) is 26.3 Å². The van der Waals surface area contributed by atoms with Gasteiger partial charge in [0.25, 0.3) is 0 Å². The van der Waals surface area contributed by atoms with Crippen LogP contribution in [0.2, 0.25) is 0 Å². The highest BCUT2D eigenvalue weighted by Crippen LogP contribution is 2.38. The Balaban J connectivity index is 0.000000303. The number of nitrogens with zero attached hydrogens (tertiary/aromatic N) is 4. The zero-order valence-electron chi connectivity index (χ0n) is 22.1. The quantitative estimate of drug-likeness (QED) is 0.403. The monoisotopic (exact) mass is 634 g/mol. The number of carboxylic acids is 2. The lowest BCUT2D eigenvalue weighted by Crippen LogP contribution is -2.36. The second-order valence-corrected chi connectivity index (χ2v) is 9.94. The van der Waals surface area contributed by atoms with Crippen LogP contribution < -0.4 is 4.90 Å². The number of carboxylic acid groups (broad SMARTS) is 2. The highest BCUT2D eigenvalue weighted by Gasteiger charge is 2.39. The molecule has 3 aromatic rings. The van der Waals surface area contributed by atoms with Gasteiger partial charge in [-0.3, -0.25) is 9.78 Å². The summed E-state index contributed by atoms with van der Waals surface area (Å²) in [6.07, 6.45) is -8.12. The molecule has 0 aliphatic carbocycles. The molecule has 0 unspecified atom stereocenters. The summed E-state index contributed by atoms with van der Waals surface area (Å²) in [7, 11) is 0. The fourth-order valence-electron chi connectivity index (χ4n) is 3.82. The summed E-state index contributed by atoms with van der Waals surface area (Å²) in [6.45, 7) is 4.35. The van der Waals surface area contributed by atoms with Crippen molar-refractivity contribution in [3.8, 4) is 11.3 Å². The van der Waals surface area contributed by atoms with Gasteiger partial charge >= 0.3 is 24.3 Å². The molecule has 4 heterocycles. The van der Waals surface area contributed by atoms with Crippen LogP contribution in [0.4, 0.5) is 31.5 Å². The first kappa shape index (κ1) is 33.3. The van der Waals surface area contributed by atoms with Crippen LogP contribution in [0.15, 0.2) is 48.7 Å². The van der Waals surface area contributed by atoms with Crippen molar-refractivity contribution in [2.24, 2.45) is 0 Å². The number of rotatable bonds is 3. The standard InChI is InChI=1S/C22H22N4O2S.2C2HF3O2/c27-20(13-17-6-3-4-8-23-17)26-14-16-5-1-2-7-18(16)21-19(15-26)29-22(24-21)25-9-11-28-12-10-25;2*3-2(4,5)1(6)7/h1-8H,9-15H2;2*(H,6,7). The fraction of sp³-hybridized carbons (Fsp3) is 0.346. The third-order valence-electron chi connectivity index (χ3n) is 5.83. The van der Waals surface area contributed by atoms with E-state index in [9.17, 15) is 31.1 Å². The lowest BCUT2D eigenvalue weighted by atomic mass is 10.0. The van der Waals surface area contributed by atoms with Gasteiger partial charge in [-0.15, -0.1) is 0 Å². The van der Waals surface area contributed by atoms with Crippen molar-refractivity contribution < 1.29 is 55.7 Å². The number of amides is 1. The van der Waals surface area contributed by atoms with Crippen molar-refractivity contribution >= 4 is 34.3 Å². The first-order valence-corrected chi connectivity index (χ1v) is 13.2. The molecule has 2 aliphatic rings. The van der Waals surface area contributed by atoms with Gasteiger partial charge in [0.05, 0.1) is 36.8 Å². The van der Waals surface area contributed by atoms with E-state index in [0.29, 0.717) is 19.5 Å². The molecule has 0 saturated carbocycles. The number of ether oxygens (including phenoxy) is 1. The lowest BCUT2D eigenvalue weighted by Gasteiger charge is -2.26. The van der Waals surface area contributed by atoms with Gasteiger partial charge in [0.2, 0.25) is 5.91 Å². The molecule has 2 aliphatic heterocycles. The van der Waals surface area contributed by atoms with E-state index >= 15 is 0 Å². The Kier molecular flexibility index (Phi) is 11.0. The maximum atomic E-state index is 13.1. The van der Waals surface area contributed by atoms with Crippen LogP contribution in [0, 0.1) is 0 Å². The van der Waals surface area contributed by atoms with E-state index in [1.165, 1.54) is 0 Å². The molecule has 10 nitrogen and oxygen atoms in total. The number of morpholine rings is 1. The van der Waals surface area contributed by atoms with Gasteiger partial charge in [0.1, 0.15) is 0 Å². The molecule has 5 rings (SSSR count). The summed E-state index contributed by atoms with van der Waals surface area (Å²) < 4.78 is 69.0. The van der Waals surface area contributed by atoms with Crippen molar-refractivity contribution in [1.29, 1.82) is 0 Å². The maximum Gasteiger partial charge on any atom is 0.490 e.